The molecular weight excluding hydrogens is 252 g/mol. The molecule has 0 radical (unpaired) electrons. The minimum absolute atomic E-state index is 0.199. The van der Waals surface area contributed by atoms with Crippen LogP contribution in [0.5, 0.6) is 6.01 Å². The Hall–Kier alpha value is -1.08. The number of hydrogen-bond donors (Lipinski definition) is 1. The van der Waals surface area contributed by atoms with E-state index in [-0.39, 0.29) is 12.1 Å². The first-order valence-corrected chi connectivity index (χ1v) is 6.99. The van der Waals surface area contributed by atoms with Crippen molar-refractivity contribution in [2.24, 2.45) is 0 Å². The summed E-state index contributed by atoms with van der Waals surface area (Å²) in [4.78, 5) is 12.3. The zero-order chi connectivity index (χ0) is 13.0. The van der Waals surface area contributed by atoms with Crippen molar-refractivity contribution in [3.8, 4) is 6.01 Å². The molecule has 0 amide bonds. The normalized spacial score (nSPS) is 23.2. The number of nitrogens with zero attached hydrogens (tertiary/aromatic N) is 3. The molecule has 7 heteroatoms. The third kappa shape index (κ3) is 3.46. The molecule has 100 valence electrons. The zero-order valence-corrected chi connectivity index (χ0v) is 11.4. The number of anilines is 1. The number of hydrogen-bond acceptors (Lipinski definition) is 7. The molecule has 2 unspecified atom stereocenters. The zero-order valence-electron chi connectivity index (χ0n) is 10.6. The summed E-state index contributed by atoms with van der Waals surface area (Å²) < 4.78 is 10.9. The van der Waals surface area contributed by atoms with E-state index in [0.717, 1.165) is 19.4 Å². The topological polar surface area (TPSA) is 83.2 Å². The molecule has 1 fully saturated rings. The van der Waals surface area contributed by atoms with Gasteiger partial charge < -0.3 is 15.2 Å². The Morgan fingerprint density at radius 1 is 1.44 bits per heavy atom. The lowest BCUT2D eigenvalue weighted by molar-refractivity contribution is 0.127. The standard InChI is InChI=1S/C11H18N4O2S/c1-3-5-17-10-13-9(12)14-11(15-10)18-8-4-6-16-7(8)2/h7-8H,3-6H2,1-2H3,(H2,12,13,14,15). The maximum absolute atomic E-state index is 5.65. The van der Waals surface area contributed by atoms with Gasteiger partial charge in [-0.15, -0.1) is 0 Å². The van der Waals surface area contributed by atoms with E-state index in [2.05, 4.69) is 21.9 Å². The van der Waals surface area contributed by atoms with Crippen molar-refractivity contribution in [3.63, 3.8) is 0 Å². The van der Waals surface area contributed by atoms with Gasteiger partial charge in [-0.1, -0.05) is 18.7 Å². The predicted octanol–water partition coefficient (Wildman–Crippen LogP) is 1.51. The van der Waals surface area contributed by atoms with Crippen molar-refractivity contribution < 1.29 is 9.47 Å². The van der Waals surface area contributed by atoms with Gasteiger partial charge in [-0.25, -0.2) is 0 Å². The molecule has 6 nitrogen and oxygen atoms in total. The molecule has 0 saturated carbocycles. The Kier molecular flexibility index (Phi) is 4.60. The molecule has 0 aliphatic carbocycles. The summed E-state index contributed by atoms with van der Waals surface area (Å²) in [6, 6.07) is 0.304. The fourth-order valence-electron chi connectivity index (χ4n) is 1.67. The van der Waals surface area contributed by atoms with Crippen LogP contribution < -0.4 is 10.5 Å². The van der Waals surface area contributed by atoms with Crippen molar-refractivity contribution in [1.29, 1.82) is 0 Å². The van der Waals surface area contributed by atoms with Crippen LogP contribution in [0.15, 0.2) is 5.16 Å². The van der Waals surface area contributed by atoms with E-state index in [1.807, 2.05) is 6.92 Å². The highest BCUT2D eigenvalue weighted by Crippen LogP contribution is 2.31. The van der Waals surface area contributed by atoms with Crippen LogP contribution in [0, 0.1) is 0 Å². The van der Waals surface area contributed by atoms with Gasteiger partial charge >= 0.3 is 6.01 Å². The molecule has 1 aliphatic rings. The Labute approximate surface area is 111 Å². The van der Waals surface area contributed by atoms with E-state index in [4.69, 9.17) is 15.2 Å². The van der Waals surface area contributed by atoms with Gasteiger partial charge in [-0.3, -0.25) is 0 Å². The second kappa shape index (κ2) is 6.19. The lowest BCUT2D eigenvalue weighted by Gasteiger charge is -2.12. The summed E-state index contributed by atoms with van der Waals surface area (Å²) in [5.41, 5.74) is 5.65. The van der Waals surface area contributed by atoms with Crippen LogP contribution in [0.3, 0.4) is 0 Å². The highest BCUT2D eigenvalue weighted by Gasteiger charge is 2.26. The van der Waals surface area contributed by atoms with E-state index < -0.39 is 0 Å². The van der Waals surface area contributed by atoms with Crippen LogP contribution in [-0.2, 0) is 4.74 Å². The summed E-state index contributed by atoms with van der Waals surface area (Å²) in [6.45, 7) is 5.45. The van der Waals surface area contributed by atoms with Gasteiger partial charge in [0.05, 0.1) is 12.7 Å². The molecule has 1 aromatic rings. The lowest BCUT2D eigenvalue weighted by atomic mass is 10.3. The average molecular weight is 270 g/mol. The Morgan fingerprint density at radius 2 is 2.28 bits per heavy atom. The van der Waals surface area contributed by atoms with Crippen molar-refractivity contribution in [1.82, 2.24) is 15.0 Å². The number of thioether (sulfide) groups is 1. The number of nitrogen functional groups attached to an aromatic ring is 1. The average Bonchev–Trinajstić information content (AvgIpc) is 2.72. The van der Waals surface area contributed by atoms with Crippen molar-refractivity contribution in [2.75, 3.05) is 18.9 Å². The van der Waals surface area contributed by atoms with Gasteiger partial charge in [0, 0.05) is 11.9 Å². The van der Waals surface area contributed by atoms with Gasteiger partial charge in [0.25, 0.3) is 0 Å². The first-order valence-electron chi connectivity index (χ1n) is 6.11. The van der Waals surface area contributed by atoms with E-state index in [1.165, 1.54) is 0 Å². The molecule has 2 heterocycles. The van der Waals surface area contributed by atoms with Crippen LogP contribution in [0.1, 0.15) is 26.7 Å². The number of aromatic nitrogens is 3. The molecule has 1 aromatic heterocycles. The molecular formula is C11H18N4O2S. The monoisotopic (exact) mass is 270 g/mol. The Bertz CT molecular complexity index is 405. The number of nitrogens with two attached hydrogens (primary N) is 1. The largest absolute Gasteiger partial charge is 0.463 e. The molecule has 1 aliphatic heterocycles. The molecule has 0 spiro atoms. The summed E-state index contributed by atoms with van der Waals surface area (Å²) in [6.07, 6.45) is 2.12. The van der Waals surface area contributed by atoms with Crippen LogP contribution in [0.25, 0.3) is 0 Å². The van der Waals surface area contributed by atoms with E-state index in [0.29, 0.717) is 23.0 Å². The van der Waals surface area contributed by atoms with Crippen LogP contribution in [-0.4, -0.2) is 39.5 Å². The predicted molar refractivity (Wildman–Crippen MR) is 69.7 cm³/mol. The van der Waals surface area contributed by atoms with E-state index in [1.54, 1.807) is 11.8 Å². The second-order valence-electron chi connectivity index (χ2n) is 4.13. The molecule has 2 N–H and O–H groups in total. The van der Waals surface area contributed by atoms with Crippen molar-refractivity contribution in [3.05, 3.63) is 0 Å². The number of rotatable bonds is 5. The third-order valence-corrected chi connectivity index (χ3v) is 3.93. The lowest BCUT2D eigenvalue weighted by Crippen LogP contribution is -2.14. The van der Waals surface area contributed by atoms with Crippen molar-refractivity contribution >= 4 is 17.7 Å². The Morgan fingerprint density at radius 3 is 2.94 bits per heavy atom. The molecule has 2 atom stereocenters. The van der Waals surface area contributed by atoms with Gasteiger partial charge in [0.2, 0.25) is 5.95 Å². The maximum Gasteiger partial charge on any atom is 0.322 e. The van der Waals surface area contributed by atoms with Crippen LogP contribution in [0.4, 0.5) is 5.95 Å². The van der Waals surface area contributed by atoms with Gasteiger partial charge in [0.15, 0.2) is 5.16 Å². The first kappa shape index (κ1) is 13.4. The SMILES string of the molecule is CCCOc1nc(N)nc(SC2CCOC2C)n1. The van der Waals surface area contributed by atoms with Crippen LogP contribution in [0.2, 0.25) is 0 Å². The highest BCUT2D eigenvalue weighted by atomic mass is 32.2. The van der Waals surface area contributed by atoms with Gasteiger partial charge in [-0.2, -0.15) is 15.0 Å². The summed E-state index contributed by atoms with van der Waals surface area (Å²) >= 11 is 1.57. The smallest absolute Gasteiger partial charge is 0.322 e. The van der Waals surface area contributed by atoms with E-state index >= 15 is 0 Å². The molecule has 1 saturated heterocycles. The molecule has 2 rings (SSSR count). The van der Waals surface area contributed by atoms with Gasteiger partial charge in [-0.05, 0) is 19.8 Å². The summed E-state index contributed by atoms with van der Waals surface area (Å²) in [5.74, 6) is 0.199. The molecule has 0 bridgehead atoms. The van der Waals surface area contributed by atoms with Crippen molar-refractivity contribution in [2.45, 2.75) is 43.2 Å². The molecule has 18 heavy (non-hydrogen) atoms. The molecule has 0 aromatic carbocycles. The van der Waals surface area contributed by atoms with E-state index in [9.17, 15) is 0 Å². The minimum atomic E-state index is 0.199. The number of ether oxygens (including phenoxy) is 2. The summed E-state index contributed by atoms with van der Waals surface area (Å²) in [5, 5.41) is 0.974. The second-order valence-corrected chi connectivity index (χ2v) is 5.33. The van der Waals surface area contributed by atoms with Gasteiger partial charge in [0.1, 0.15) is 0 Å². The fraction of sp³-hybridized carbons (Fsp3) is 0.727. The first-order chi connectivity index (χ1) is 8.69. The maximum atomic E-state index is 5.65. The highest BCUT2D eigenvalue weighted by molar-refractivity contribution is 7.99. The minimum Gasteiger partial charge on any atom is -0.463 e. The Balaban J connectivity index is 2.05. The van der Waals surface area contributed by atoms with Crippen LogP contribution >= 0.6 is 11.8 Å². The quantitative estimate of drug-likeness (QED) is 0.868. The third-order valence-electron chi connectivity index (χ3n) is 2.61. The summed E-state index contributed by atoms with van der Waals surface area (Å²) in [7, 11) is 0. The fourth-order valence-corrected chi connectivity index (χ4v) is 2.70.